The maximum atomic E-state index is 13.0. The van der Waals surface area contributed by atoms with E-state index < -0.39 is 58.0 Å². The Morgan fingerprint density at radius 1 is 0.718 bits per heavy atom. The molecule has 3 aromatic rings. The fraction of sp³-hybridized carbons (Fsp3) is 0.0714. The molecule has 0 aliphatic heterocycles. The van der Waals surface area contributed by atoms with Crippen LogP contribution < -0.4 is 0 Å². The summed E-state index contributed by atoms with van der Waals surface area (Å²) in [5.74, 6) is -6.71. The van der Waals surface area contributed by atoms with Gasteiger partial charge in [-0.15, -0.1) is 0 Å². The quantitative estimate of drug-likeness (QED) is 0.148. The molecule has 0 bridgehead atoms. The van der Waals surface area contributed by atoms with Gasteiger partial charge in [0.2, 0.25) is 0 Å². The molecule has 1 atom stereocenters. The van der Waals surface area contributed by atoms with E-state index in [1.165, 1.54) is 72.8 Å². The summed E-state index contributed by atoms with van der Waals surface area (Å²) >= 11 is 0. The van der Waals surface area contributed by atoms with Crippen LogP contribution in [-0.4, -0.2) is 39.6 Å². The van der Waals surface area contributed by atoms with E-state index in [9.17, 15) is 34.4 Å². The Morgan fingerprint density at radius 2 is 1.15 bits per heavy atom. The maximum Gasteiger partial charge on any atom is 0.432 e. The number of carbonyl (C=O) groups excluding carboxylic acids is 3. The smallest absolute Gasteiger partial charge is 0.432 e. The molecular formula is C28H19NO10. The molecule has 0 saturated carbocycles. The molecule has 0 heterocycles. The number of hydrogen-bond donors (Lipinski definition) is 1. The van der Waals surface area contributed by atoms with Crippen LogP contribution in [0.4, 0.5) is 0 Å². The lowest BCUT2D eigenvalue weighted by molar-refractivity contribution is -0.612. The Hall–Kier alpha value is -5.58. The summed E-state index contributed by atoms with van der Waals surface area (Å²) in [6.45, 7) is 0. The summed E-state index contributed by atoms with van der Waals surface area (Å²) in [7, 11) is 0. The van der Waals surface area contributed by atoms with Crippen LogP contribution in [0, 0.1) is 10.1 Å². The zero-order chi connectivity index (χ0) is 28.0. The monoisotopic (exact) mass is 529 g/mol. The molecule has 1 unspecified atom stereocenters. The fourth-order valence-electron chi connectivity index (χ4n) is 3.66. The van der Waals surface area contributed by atoms with Gasteiger partial charge in [-0.25, -0.2) is 19.2 Å². The number of rotatable bonds is 8. The van der Waals surface area contributed by atoms with E-state index in [4.69, 9.17) is 14.2 Å². The lowest BCUT2D eigenvalue weighted by Gasteiger charge is -2.30. The molecular weight excluding hydrogens is 510 g/mol. The number of esters is 3. The lowest BCUT2D eigenvalue weighted by atomic mass is 9.93. The third-order valence-corrected chi connectivity index (χ3v) is 5.57. The van der Waals surface area contributed by atoms with Gasteiger partial charge in [-0.2, -0.15) is 0 Å². The summed E-state index contributed by atoms with van der Waals surface area (Å²) in [6.07, 6.45) is -0.216. The number of ether oxygens (including phenoxy) is 3. The first-order valence-electron chi connectivity index (χ1n) is 11.4. The molecule has 0 aromatic heterocycles. The number of allylic oxidation sites excluding steroid dienone is 1. The Balaban J connectivity index is 1.88. The summed E-state index contributed by atoms with van der Waals surface area (Å²) < 4.78 is 16.0. The average molecular weight is 529 g/mol. The Kier molecular flexibility index (Phi) is 7.62. The van der Waals surface area contributed by atoms with E-state index in [0.29, 0.717) is 0 Å². The molecule has 0 fully saturated rings. The van der Waals surface area contributed by atoms with Crippen molar-refractivity contribution in [2.75, 3.05) is 0 Å². The van der Waals surface area contributed by atoms with Crippen LogP contribution in [0.15, 0.2) is 114 Å². The summed E-state index contributed by atoms with van der Waals surface area (Å²) in [6, 6.07) is 22.1. The second-order valence-corrected chi connectivity index (χ2v) is 8.15. The van der Waals surface area contributed by atoms with E-state index in [-0.39, 0.29) is 16.7 Å². The van der Waals surface area contributed by atoms with Gasteiger partial charge in [0.05, 0.1) is 33.6 Å². The zero-order valence-electron chi connectivity index (χ0n) is 20.0. The van der Waals surface area contributed by atoms with Gasteiger partial charge in [0, 0.05) is 0 Å². The molecule has 1 aliphatic carbocycles. The van der Waals surface area contributed by atoms with Crippen LogP contribution in [0.1, 0.15) is 37.5 Å². The third kappa shape index (κ3) is 5.72. The number of nitro groups is 1. The predicted octanol–water partition coefficient (Wildman–Crippen LogP) is 4.16. The van der Waals surface area contributed by atoms with Gasteiger partial charge >= 0.3 is 29.6 Å². The second-order valence-electron chi connectivity index (χ2n) is 8.15. The van der Waals surface area contributed by atoms with Gasteiger partial charge in [-0.05, 0) is 42.5 Å². The van der Waals surface area contributed by atoms with E-state index in [1.807, 2.05) is 0 Å². The standard InChI is InChI=1S/C28H19NO10/c30-24(31)21-16-22(37-25(32)18-10-4-1-5-11-18)23(38-26(33)19-12-6-2-7-13-19)28(17-21,29(35)36)39-27(34)20-14-8-3-9-15-20/h1-16H,17H2,(H,30,31). The van der Waals surface area contributed by atoms with Crippen LogP contribution in [0.5, 0.6) is 0 Å². The molecule has 3 aromatic carbocycles. The minimum absolute atomic E-state index is 0.0163. The Bertz CT molecular complexity index is 1500. The summed E-state index contributed by atoms with van der Waals surface area (Å²) in [5, 5.41) is 22.3. The normalized spacial score (nSPS) is 16.5. The van der Waals surface area contributed by atoms with E-state index in [2.05, 4.69) is 0 Å². The second kappa shape index (κ2) is 11.2. The first-order valence-corrected chi connectivity index (χ1v) is 11.4. The summed E-state index contributed by atoms with van der Waals surface area (Å²) in [5.41, 5.74) is -3.82. The average Bonchev–Trinajstić information content (AvgIpc) is 2.95. The van der Waals surface area contributed by atoms with Gasteiger partial charge in [0.15, 0.2) is 5.76 Å². The topological polar surface area (TPSA) is 159 Å². The van der Waals surface area contributed by atoms with Crippen molar-refractivity contribution in [2.45, 2.75) is 12.1 Å². The first-order chi connectivity index (χ1) is 18.7. The largest absolute Gasteiger partial charge is 0.478 e. The van der Waals surface area contributed by atoms with Crippen LogP contribution in [0.25, 0.3) is 0 Å². The van der Waals surface area contributed by atoms with Gasteiger partial charge < -0.3 is 19.3 Å². The van der Waals surface area contributed by atoms with Crippen molar-refractivity contribution >= 4 is 23.9 Å². The SMILES string of the molecule is O=C(O)C1=CC(OC(=O)c2ccccc2)=C(OC(=O)c2ccccc2)C(OC(=O)c2ccccc2)([N+](=O)[O-])C1. The van der Waals surface area contributed by atoms with Crippen molar-refractivity contribution in [2.24, 2.45) is 0 Å². The van der Waals surface area contributed by atoms with Crippen molar-refractivity contribution in [3.05, 3.63) is 141 Å². The highest BCUT2D eigenvalue weighted by Gasteiger charge is 2.59. The van der Waals surface area contributed by atoms with E-state index >= 15 is 0 Å². The van der Waals surface area contributed by atoms with Gasteiger partial charge in [-0.3, -0.25) is 10.1 Å². The molecule has 0 saturated heterocycles. The number of carboxylic acid groups (broad SMARTS) is 1. The number of benzene rings is 3. The number of carboxylic acids is 1. The molecule has 4 rings (SSSR count). The molecule has 0 radical (unpaired) electrons. The number of hydrogen-bond acceptors (Lipinski definition) is 9. The molecule has 11 nitrogen and oxygen atoms in total. The van der Waals surface area contributed by atoms with E-state index in [0.717, 1.165) is 6.08 Å². The Morgan fingerprint density at radius 3 is 1.59 bits per heavy atom. The lowest BCUT2D eigenvalue weighted by Crippen LogP contribution is -2.49. The van der Waals surface area contributed by atoms with Crippen LogP contribution in [-0.2, 0) is 19.0 Å². The highest BCUT2D eigenvalue weighted by Crippen LogP contribution is 2.40. The molecule has 0 amide bonds. The van der Waals surface area contributed by atoms with Gasteiger partial charge in [-0.1, -0.05) is 54.6 Å². The maximum absolute atomic E-state index is 13.0. The van der Waals surface area contributed by atoms with Gasteiger partial charge in [0.25, 0.3) is 5.76 Å². The highest BCUT2D eigenvalue weighted by molar-refractivity contribution is 5.94. The molecule has 0 spiro atoms. The van der Waals surface area contributed by atoms with Crippen molar-refractivity contribution in [3.63, 3.8) is 0 Å². The molecule has 1 aliphatic rings. The van der Waals surface area contributed by atoms with Crippen molar-refractivity contribution in [1.82, 2.24) is 0 Å². The Labute approximate surface area is 220 Å². The van der Waals surface area contributed by atoms with Crippen molar-refractivity contribution in [3.8, 4) is 0 Å². The highest BCUT2D eigenvalue weighted by atomic mass is 16.7. The van der Waals surface area contributed by atoms with Crippen LogP contribution in [0.2, 0.25) is 0 Å². The minimum atomic E-state index is -3.08. The minimum Gasteiger partial charge on any atom is -0.478 e. The van der Waals surface area contributed by atoms with Crippen molar-refractivity contribution in [1.29, 1.82) is 0 Å². The predicted molar refractivity (Wildman–Crippen MR) is 133 cm³/mol. The van der Waals surface area contributed by atoms with Crippen LogP contribution >= 0.6 is 0 Å². The number of nitrogens with zero attached hydrogens (tertiary/aromatic N) is 1. The number of aliphatic carboxylic acids is 1. The zero-order valence-corrected chi connectivity index (χ0v) is 20.0. The molecule has 39 heavy (non-hydrogen) atoms. The third-order valence-electron chi connectivity index (χ3n) is 5.57. The first kappa shape index (κ1) is 26.5. The molecule has 1 N–H and O–H groups in total. The van der Waals surface area contributed by atoms with Crippen LogP contribution in [0.3, 0.4) is 0 Å². The fourth-order valence-corrected chi connectivity index (χ4v) is 3.66. The van der Waals surface area contributed by atoms with Crippen molar-refractivity contribution < 1.29 is 43.4 Å². The summed E-state index contributed by atoms with van der Waals surface area (Å²) in [4.78, 5) is 62.3. The van der Waals surface area contributed by atoms with Gasteiger partial charge in [0.1, 0.15) is 0 Å². The molecule has 196 valence electrons. The molecule has 11 heteroatoms. The number of carbonyl (C=O) groups is 4. The van der Waals surface area contributed by atoms with E-state index in [1.54, 1.807) is 18.2 Å².